The van der Waals surface area contributed by atoms with E-state index in [1.54, 1.807) is 10.9 Å². The number of carbonyl (C=O) groups excluding carboxylic acids is 1. The van der Waals surface area contributed by atoms with Crippen LogP contribution in [-0.4, -0.2) is 21.1 Å². The Morgan fingerprint density at radius 3 is 2.94 bits per heavy atom. The van der Waals surface area contributed by atoms with Crippen molar-refractivity contribution >= 4 is 40.1 Å². The van der Waals surface area contributed by atoms with Crippen LogP contribution >= 0.6 is 22.9 Å². The van der Waals surface area contributed by atoms with Crippen molar-refractivity contribution < 1.29 is 4.79 Å². The van der Waals surface area contributed by atoms with Crippen LogP contribution in [0.2, 0.25) is 5.15 Å². The Morgan fingerprint density at radius 2 is 2.18 bits per heavy atom. The number of hydrogen-bond acceptors (Lipinski definition) is 4. The van der Waals surface area contributed by atoms with E-state index in [-0.39, 0.29) is 5.15 Å². The topological polar surface area (TPSA) is 47.8 Å². The van der Waals surface area contributed by atoms with Crippen LogP contribution in [0, 0.1) is 0 Å². The molecule has 0 atom stereocenters. The fourth-order valence-electron chi connectivity index (χ4n) is 1.59. The number of rotatable bonds is 2. The lowest BCUT2D eigenvalue weighted by molar-refractivity contribution is 0.112. The number of nitrogens with zero attached hydrogens (tertiary/aromatic N) is 3. The summed E-state index contributed by atoms with van der Waals surface area (Å²) in [6.45, 7) is 0. The molecular weight excluding hydrogens is 258 g/mol. The van der Waals surface area contributed by atoms with Crippen LogP contribution in [0.4, 0.5) is 0 Å². The molecule has 0 radical (unpaired) electrons. The number of benzene rings is 1. The summed E-state index contributed by atoms with van der Waals surface area (Å²) in [5, 5.41) is 6.08. The summed E-state index contributed by atoms with van der Waals surface area (Å²) in [5.41, 5.74) is 0.940. The molecule has 17 heavy (non-hydrogen) atoms. The summed E-state index contributed by atoms with van der Waals surface area (Å²) >= 11 is 7.06. The molecule has 0 bridgehead atoms. The van der Waals surface area contributed by atoms with Crippen LogP contribution < -0.4 is 0 Å². The van der Waals surface area contributed by atoms with E-state index in [1.807, 2.05) is 24.3 Å². The Balaban J connectivity index is 2.23. The quantitative estimate of drug-likeness (QED) is 0.668. The molecule has 0 saturated carbocycles. The molecule has 4 nitrogen and oxygen atoms in total. The van der Waals surface area contributed by atoms with Gasteiger partial charge in [-0.2, -0.15) is 5.10 Å². The van der Waals surface area contributed by atoms with Crippen molar-refractivity contribution in [3.8, 4) is 5.13 Å². The highest BCUT2D eigenvalue weighted by atomic mass is 35.5. The molecule has 0 aliphatic carbocycles. The number of hydrogen-bond donors (Lipinski definition) is 0. The number of thiazole rings is 1. The average Bonchev–Trinajstić information content (AvgIpc) is 2.92. The number of para-hydroxylation sites is 1. The maximum Gasteiger partial charge on any atom is 0.213 e. The zero-order chi connectivity index (χ0) is 11.8. The van der Waals surface area contributed by atoms with Gasteiger partial charge in [-0.1, -0.05) is 41.1 Å². The zero-order valence-electron chi connectivity index (χ0n) is 8.50. The second kappa shape index (κ2) is 3.94. The lowest BCUT2D eigenvalue weighted by Crippen LogP contribution is -1.94. The molecule has 0 unspecified atom stereocenters. The average molecular weight is 264 g/mol. The van der Waals surface area contributed by atoms with E-state index < -0.39 is 0 Å². The monoisotopic (exact) mass is 263 g/mol. The Morgan fingerprint density at radius 1 is 1.35 bits per heavy atom. The van der Waals surface area contributed by atoms with Crippen molar-refractivity contribution in [1.82, 2.24) is 14.8 Å². The predicted molar refractivity (Wildman–Crippen MR) is 67.1 cm³/mol. The molecule has 0 aliphatic rings. The van der Waals surface area contributed by atoms with Crippen molar-refractivity contribution in [3.63, 3.8) is 0 Å². The minimum atomic E-state index is 0.222. The summed E-state index contributed by atoms with van der Waals surface area (Å²) in [7, 11) is 0. The SMILES string of the molecule is O=Cc1sc(-n2ncc3ccccc32)nc1Cl. The van der Waals surface area contributed by atoms with Crippen LogP contribution in [0.5, 0.6) is 0 Å². The van der Waals surface area contributed by atoms with Gasteiger partial charge in [0.2, 0.25) is 5.13 Å². The Kier molecular flexibility index (Phi) is 2.42. The van der Waals surface area contributed by atoms with Crippen molar-refractivity contribution in [1.29, 1.82) is 0 Å². The minimum Gasteiger partial charge on any atom is -0.297 e. The maximum atomic E-state index is 10.7. The number of fused-ring (bicyclic) bond motifs is 1. The normalized spacial score (nSPS) is 10.9. The third-order valence-electron chi connectivity index (χ3n) is 2.36. The first-order valence-corrected chi connectivity index (χ1v) is 6.03. The first-order valence-electron chi connectivity index (χ1n) is 4.84. The highest BCUT2D eigenvalue weighted by Gasteiger charge is 2.12. The maximum absolute atomic E-state index is 10.7. The van der Waals surface area contributed by atoms with Gasteiger partial charge < -0.3 is 0 Å². The Bertz CT molecular complexity index is 704. The number of halogens is 1. The van der Waals surface area contributed by atoms with Crippen molar-refractivity contribution in [2.24, 2.45) is 0 Å². The molecule has 84 valence electrons. The van der Waals surface area contributed by atoms with Gasteiger partial charge in [-0.15, -0.1) is 0 Å². The van der Waals surface area contributed by atoms with Crippen molar-refractivity contribution in [2.45, 2.75) is 0 Å². The molecule has 0 saturated heterocycles. The first kappa shape index (κ1) is 10.4. The minimum absolute atomic E-state index is 0.222. The molecule has 3 rings (SSSR count). The summed E-state index contributed by atoms with van der Waals surface area (Å²) in [6, 6.07) is 7.78. The molecule has 2 aromatic heterocycles. The lowest BCUT2D eigenvalue weighted by atomic mass is 10.3. The number of carbonyl (C=O) groups is 1. The summed E-state index contributed by atoms with van der Waals surface area (Å²) in [4.78, 5) is 15.3. The highest BCUT2D eigenvalue weighted by Crippen LogP contribution is 2.26. The Labute approximate surface area is 105 Å². The van der Waals surface area contributed by atoms with E-state index in [4.69, 9.17) is 11.6 Å². The van der Waals surface area contributed by atoms with E-state index in [2.05, 4.69) is 10.1 Å². The largest absolute Gasteiger partial charge is 0.297 e. The molecule has 1 aromatic carbocycles. The fraction of sp³-hybridized carbons (Fsp3) is 0. The number of aldehydes is 1. The smallest absolute Gasteiger partial charge is 0.213 e. The molecule has 0 fully saturated rings. The van der Waals surface area contributed by atoms with Crippen molar-refractivity contribution in [2.75, 3.05) is 0 Å². The van der Waals surface area contributed by atoms with E-state index >= 15 is 0 Å². The first-order chi connectivity index (χ1) is 8.29. The number of aromatic nitrogens is 3. The van der Waals surface area contributed by atoms with Gasteiger partial charge in [0.25, 0.3) is 0 Å². The highest BCUT2D eigenvalue weighted by molar-refractivity contribution is 7.16. The van der Waals surface area contributed by atoms with Gasteiger partial charge in [0.15, 0.2) is 11.4 Å². The third-order valence-corrected chi connectivity index (χ3v) is 3.72. The van der Waals surface area contributed by atoms with Gasteiger partial charge in [-0.05, 0) is 6.07 Å². The van der Waals surface area contributed by atoms with Crippen LogP contribution in [0.3, 0.4) is 0 Å². The molecule has 0 N–H and O–H groups in total. The van der Waals surface area contributed by atoms with Gasteiger partial charge in [0, 0.05) is 5.39 Å². The summed E-state index contributed by atoms with van der Waals surface area (Å²) < 4.78 is 1.68. The van der Waals surface area contributed by atoms with Crippen molar-refractivity contribution in [3.05, 3.63) is 40.5 Å². The standard InChI is InChI=1S/C11H6ClN3OS/c12-10-9(6-16)17-11(14-10)15-8-4-2-1-3-7(8)5-13-15/h1-6H. The van der Waals surface area contributed by atoms with Crippen LogP contribution in [0.15, 0.2) is 30.5 Å². The molecular formula is C11H6ClN3OS. The molecule has 3 aromatic rings. The van der Waals surface area contributed by atoms with E-state index in [9.17, 15) is 4.79 Å². The molecule has 6 heteroatoms. The molecule has 2 heterocycles. The van der Waals surface area contributed by atoms with Crippen LogP contribution in [0.1, 0.15) is 9.67 Å². The lowest BCUT2D eigenvalue weighted by Gasteiger charge is -1.96. The van der Waals surface area contributed by atoms with E-state index in [0.29, 0.717) is 16.3 Å². The summed E-state index contributed by atoms with van der Waals surface area (Å²) in [5.74, 6) is 0. The van der Waals surface area contributed by atoms with Crippen LogP contribution in [0.25, 0.3) is 16.0 Å². The van der Waals surface area contributed by atoms with Crippen LogP contribution in [-0.2, 0) is 0 Å². The zero-order valence-corrected chi connectivity index (χ0v) is 10.1. The third kappa shape index (κ3) is 1.64. The fourth-order valence-corrected chi connectivity index (χ4v) is 2.62. The van der Waals surface area contributed by atoms with Gasteiger partial charge in [0.1, 0.15) is 4.88 Å². The molecule has 0 spiro atoms. The molecule has 0 aliphatic heterocycles. The van der Waals surface area contributed by atoms with Gasteiger partial charge >= 0.3 is 0 Å². The second-order valence-electron chi connectivity index (χ2n) is 3.38. The van der Waals surface area contributed by atoms with Gasteiger partial charge in [-0.3, -0.25) is 4.79 Å². The summed E-state index contributed by atoms with van der Waals surface area (Å²) in [6.07, 6.45) is 2.46. The van der Waals surface area contributed by atoms with Gasteiger partial charge in [0.05, 0.1) is 11.7 Å². The predicted octanol–water partition coefficient (Wildman–Crippen LogP) is 2.95. The molecule has 0 amide bonds. The van der Waals surface area contributed by atoms with E-state index in [0.717, 1.165) is 10.9 Å². The second-order valence-corrected chi connectivity index (χ2v) is 4.75. The van der Waals surface area contributed by atoms with E-state index in [1.165, 1.54) is 11.3 Å². The Hall–Kier alpha value is -1.72. The van der Waals surface area contributed by atoms with Gasteiger partial charge in [-0.25, -0.2) is 9.67 Å².